The SMILES string of the molecule is CN(C(=O)c1ccccc1)c1ccccc1I. The molecule has 0 N–H and O–H groups in total. The van der Waals surface area contributed by atoms with Crippen molar-refractivity contribution in [1.82, 2.24) is 0 Å². The minimum Gasteiger partial charge on any atom is -0.310 e. The van der Waals surface area contributed by atoms with Crippen LogP contribution in [0.15, 0.2) is 54.6 Å². The van der Waals surface area contributed by atoms with Crippen molar-refractivity contribution in [3.63, 3.8) is 0 Å². The van der Waals surface area contributed by atoms with Crippen molar-refractivity contribution in [3.8, 4) is 0 Å². The van der Waals surface area contributed by atoms with Gasteiger partial charge in [0, 0.05) is 16.2 Å². The number of nitrogens with zero attached hydrogens (tertiary/aromatic N) is 1. The van der Waals surface area contributed by atoms with Crippen molar-refractivity contribution in [2.75, 3.05) is 11.9 Å². The maximum absolute atomic E-state index is 12.2. The highest BCUT2D eigenvalue weighted by Crippen LogP contribution is 2.22. The van der Waals surface area contributed by atoms with Crippen LogP contribution in [0.1, 0.15) is 10.4 Å². The first-order chi connectivity index (χ1) is 8.20. The van der Waals surface area contributed by atoms with Crippen molar-refractivity contribution >= 4 is 34.2 Å². The highest BCUT2D eigenvalue weighted by molar-refractivity contribution is 14.1. The molecule has 0 spiro atoms. The highest BCUT2D eigenvalue weighted by Gasteiger charge is 2.14. The number of hydrogen-bond donors (Lipinski definition) is 0. The largest absolute Gasteiger partial charge is 0.310 e. The molecule has 3 heteroatoms. The molecular formula is C14H12INO. The van der Waals surface area contributed by atoms with Gasteiger partial charge in [0.15, 0.2) is 0 Å². The van der Waals surface area contributed by atoms with Crippen molar-refractivity contribution in [2.24, 2.45) is 0 Å². The van der Waals surface area contributed by atoms with E-state index in [1.165, 1.54) is 0 Å². The summed E-state index contributed by atoms with van der Waals surface area (Å²) >= 11 is 2.23. The molecule has 0 aromatic heterocycles. The van der Waals surface area contributed by atoms with Gasteiger partial charge in [0.2, 0.25) is 0 Å². The molecule has 0 fully saturated rings. The average molecular weight is 337 g/mol. The van der Waals surface area contributed by atoms with Crippen LogP contribution in [-0.4, -0.2) is 13.0 Å². The zero-order valence-corrected chi connectivity index (χ0v) is 11.6. The Morgan fingerprint density at radius 3 is 2.24 bits per heavy atom. The second kappa shape index (κ2) is 5.31. The zero-order valence-electron chi connectivity index (χ0n) is 9.43. The summed E-state index contributed by atoms with van der Waals surface area (Å²) in [5, 5.41) is 0. The Morgan fingerprint density at radius 1 is 1.00 bits per heavy atom. The maximum Gasteiger partial charge on any atom is 0.258 e. The Labute approximate surface area is 114 Å². The number of para-hydroxylation sites is 1. The van der Waals surface area contributed by atoms with Crippen molar-refractivity contribution in [1.29, 1.82) is 0 Å². The van der Waals surface area contributed by atoms with Crippen LogP contribution >= 0.6 is 22.6 Å². The Balaban J connectivity index is 2.30. The van der Waals surface area contributed by atoms with Gasteiger partial charge in [0.1, 0.15) is 0 Å². The van der Waals surface area contributed by atoms with E-state index in [1.54, 1.807) is 11.9 Å². The van der Waals surface area contributed by atoms with E-state index in [0.717, 1.165) is 9.26 Å². The predicted octanol–water partition coefficient (Wildman–Crippen LogP) is 3.57. The van der Waals surface area contributed by atoms with Crippen LogP contribution in [0.5, 0.6) is 0 Å². The number of amides is 1. The Morgan fingerprint density at radius 2 is 1.59 bits per heavy atom. The topological polar surface area (TPSA) is 20.3 Å². The van der Waals surface area contributed by atoms with E-state index in [9.17, 15) is 4.79 Å². The first kappa shape index (κ1) is 12.1. The van der Waals surface area contributed by atoms with Gasteiger partial charge < -0.3 is 4.90 Å². The third kappa shape index (κ3) is 2.66. The number of carbonyl (C=O) groups is 1. The average Bonchev–Trinajstić information content (AvgIpc) is 2.39. The molecule has 2 rings (SSSR count). The van der Waals surface area contributed by atoms with Crippen LogP contribution in [0.4, 0.5) is 5.69 Å². The molecule has 0 saturated heterocycles. The molecule has 1 amide bonds. The molecule has 0 unspecified atom stereocenters. The van der Waals surface area contributed by atoms with Gasteiger partial charge in [-0.05, 0) is 46.9 Å². The summed E-state index contributed by atoms with van der Waals surface area (Å²) in [5.74, 6) is 0.00900. The lowest BCUT2D eigenvalue weighted by Crippen LogP contribution is -2.26. The molecule has 0 saturated carbocycles. The van der Waals surface area contributed by atoms with Crippen LogP contribution in [0.2, 0.25) is 0 Å². The van der Waals surface area contributed by atoms with Gasteiger partial charge in [-0.25, -0.2) is 0 Å². The summed E-state index contributed by atoms with van der Waals surface area (Å²) in [5.41, 5.74) is 1.64. The van der Waals surface area contributed by atoms with Gasteiger partial charge in [0.25, 0.3) is 5.91 Å². The summed E-state index contributed by atoms with van der Waals surface area (Å²) in [6, 6.07) is 17.1. The molecule has 0 heterocycles. The monoisotopic (exact) mass is 337 g/mol. The summed E-state index contributed by atoms with van der Waals surface area (Å²) in [6.45, 7) is 0. The van der Waals surface area contributed by atoms with Gasteiger partial charge in [-0.15, -0.1) is 0 Å². The van der Waals surface area contributed by atoms with Gasteiger partial charge in [-0.1, -0.05) is 30.3 Å². The molecule has 17 heavy (non-hydrogen) atoms. The lowest BCUT2D eigenvalue weighted by Gasteiger charge is -2.18. The van der Waals surface area contributed by atoms with Crippen molar-refractivity contribution in [2.45, 2.75) is 0 Å². The van der Waals surface area contributed by atoms with Crippen LogP contribution in [-0.2, 0) is 0 Å². The van der Waals surface area contributed by atoms with Gasteiger partial charge in [0.05, 0.1) is 5.69 Å². The predicted molar refractivity (Wildman–Crippen MR) is 78.3 cm³/mol. The van der Waals surface area contributed by atoms with E-state index >= 15 is 0 Å². The molecule has 0 atom stereocenters. The summed E-state index contributed by atoms with van der Waals surface area (Å²) < 4.78 is 1.07. The number of anilines is 1. The molecule has 86 valence electrons. The lowest BCUT2D eigenvalue weighted by molar-refractivity contribution is 0.0993. The Kier molecular flexibility index (Phi) is 3.78. The second-order valence-electron chi connectivity index (χ2n) is 3.68. The van der Waals surface area contributed by atoms with E-state index in [0.29, 0.717) is 5.56 Å². The maximum atomic E-state index is 12.2. The number of carbonyl (C=O) groups excluding carboxylic acids is 1. The molecule has 0 aliphatic rings. The molecule has 0 aliphatic carbocycles. The van der Waals surface area contributed by atoms with Crippen molar-refractivity contribution in [3.05, 3.63) is 63.7 Å². The molecule has 0 radical (unpaired) electrons. The second-order valence-corrected chi connectivity index (χ2v) is 4.84. The lowest BCUT2D eigenvalue weighted by atomic mass is 10.2. The van der Waals surface area contributed by atoms with Gasteiger partial charge in [-0.3, -0.25) is 4.79 Å². The summed E-state index contributed by atoms with van der Waals surface area (Å²) in [6.07, 6.45) is 0. The quantitative estimate of drug-likeness (QED) is 0.768. The molecule has 2 nitrogen and oxygen atoms in total. The summed E-state index contributed by atoms with van der Waals surface area (Å²) in [4.78, 5) is 13.9. The fourth-order valence-electron chi connectivity index (χ4n) is 1.61. The fraction of sp³-hybridized carbons (Fsp3) is 0.0714. The molecule has 0 bridgehead atoms. The van der Waals surface area contributed by atoms with Crippen LogP contribution in [0, 0.1) is 3.57 Å². The normalized spacial score (nSPS) is 10.0. The number of halogens is 1. The molecule has 2 aromatic carbocycles. The van der Waals surface area contributed by atoms with Crippen LogP contribution < -0.4 is 4.90 Å². The smallest absolute Gasteiger partial charge is 0.258 e. The van der Waals surface area contributed by atoms with Crippen molar-refractivity contribution < 1.29 is 4.79 Å². The third-order valence-electron chi connectivity index (χ3n) is 2.54. The van der Waals surface area contributed by atoms with E-state index in [4.69, 9.17) is 0 Å². The number of benzene rings is 2. The minimum atomic E-state index is 0.00900. The zero-order chi connectivity index (χ0) is 12.3. The Bertz CT molecular complexity index is 525. The van der Waals surface area contributed by atoms with Gasteiger partial charge in [-0.2, -0.15) is 0 Å². The molecule has 2 aromatic rings. The minimum absolute atomic E-state index is 0.00900. The number of hydrogen-bond acceptors (Lipinski definition) is 1. The van der Waals surface area contributed by atoms with Gasteiger partial charge >= 0.3 is 0 Å². The van der Waals surface area contributed by atoms with E-state index in [-0.39, 0.29) is 5.91 Å². The fourth-order valence-corrected chi connectivity index (χ4v) is 2.36. The highest BCUT2D eigenvalue weighted by atomic mass is 127. The van der Waals surface area contributed by atoms with Crippen LogP contribution in [0.3, 0.4) is 0 Å². The van der Waals surface area contributed by atoms with E-state index in [2.05, 4.69) is 22.6 Å². The number of rotatable bonds is 2. The first-order valence-corrected chi connectivity index (χ1v) is 6.35. The molecule has 0 aliphatic heterocycles. The standard InChI is InChI=1S/C14H12INO/c1-16(13-10-6-5-9-12(13)15)14(17)11-7-3-2-4-8-11/h2-10H,1H3. The summed E-state index contributed by atoms with van der Waals surface area (Å²) in [7, 11) is 1.80. The molecular weight excluding hydrogens is 325 g/mol. The van der Waals surface area contributed by atoms with E-state index < -0.39 is 0 Å². The first-order valence-electron chi connectivity index (χ1n) is 5.28. The van der Waals surface area contributed by atoms with E-state index in [1.807, 2.05) is 54.6 Å². The van der Waals surface area contributed by atoms with Crippen LogP contribution in [0.25, 0.3) is 0 Å². The third-order valence-corrected chi connectivity index (χ3v) is 3.45. The Hall–Kier alpha value is -1.36.